The SMILES string of the molecule is CCOCc1ccc(C(Nc2ccccc2)c2ccccc2)o1. The van der Waals surface area contributed by atoms with Crippen molar-refractivity contribution < 1.29 is 9.15 Å². The minimum Gasteiger partial charge on any atom is -0.461 e. The number of furan rings is 1. The van der Waals surface area contributed by atoms with Crippen LogP contribution in [0, 0.1) is 0 Å². The number of anilines is 1. The van der Waals surface area contributed by atoms with Crippen LogP contribution in [0.4, 0.5) is 5.69 Å². The van der Waals surface area contributed by atoms with Crippen LogP contribution < -0.4 is 5.32 Å². The number of nitrogens with one attached hydrogen (secondary N) is 1. The molecule has 3 heteroatoms. The molecule has 0 saturated carbocycles. The Bertz CT molecular complexity index is 707. The monoisotopic (exact) mass is 307 g/mol. The van der Waals surface area contributed by atoms with Crippen LogP contribution in [0.5, 0.6) is 0 Å². The van der Waals surface area contributed by atoms with Crippen LogP contribution >= 0.6 is 0 Å². The minimum atomic E-state index is -0.0334. The van der Waals surface area contributed by atoms with E-state index < -0.39 is 0 Å². The lowest BCUT2D eigenvalue weighted by Crippen LogP contribution is -2.11. The molecular weight excluding hydrogens is 286 g/mol. The van der Waals surface area contributed by atoms with Gasteiger partial charge in [-0.05, 0) is 36.8 Å². The van der Waals surface area contributed by atoms with Crippen molar-refractivity contribution in [3.05, 3.63) is 89.9 Å². The number of rotatable bonds is 7. The summed E-state index contributed by atoms with van der Waals surface area (Å²) in [5.74, 6) is 1.73. The third-order valence-corrected chi connectivity index (χ3v) is 3.63. The van der Waals surface area contributed by atoms with Crippen LogP contribution in [0.25, 0.3) is 0 Å². The highest BCUT2D eigenvalue weighted by Gasteiger charge is 2.18. The zero-order valence-corrected chi connectivity index (χ0v) is 13.2. The fraction of sp³-hybridized carbons (Fsp3) is 0.200. The molecule has 1 N–H and O–H groups in total. The van der Waals surface area contributed by atoms with Gasteiger partial charge < -0.3 is 14.5 Å². The van der Waals surface area contributed by atoms with Gasteiger partial charge in [0.15, 0.2) is 0 Å². The number of ether oxygens (including phenoxy) is 1. The van der Waals surface area contributed by atoms with E-state index >= 15 is 0 Å². The maximum atomic E-state index is 5.99. The van der Waals surface area contributed by atoms with E-state index in [2.05, 4.69) is 29.6 Å². The van der Waals surface area contributed by atoms with Crippen LogP contribution in [0.1, 0.15) is 30.0 Å². The molecule has 118 valence electrons. The summed E-state index contributed by atoms with van der Waals surface area (Å²) in [4.78, 5) is 0. The predicted molar refractivity (Wildman–Crippen MR) is 92.4 cm³/mol. The van der Waals surface area contributed by atoms with Gasteiger partial charge >= 0.3 is 0 Å². The molecule has 0 bridgehead atoms. The van der Waals surface area contributed by atoms with E-state index in [0.717, 1.165) is 22.8 Å². The van der Waals surface area contributed by atoms with Crippen molar-refractivity contribution >= 4 is 5.69 Å². The summed E-state index contributed by atoms with van der Waals surface area (Å²) < 4.78 is 11.4. The molecule has 1 aromatic heterocycles. The van der Waals surface area contributed by atoms with E-state index in [9.17, 15) is 0 Å². The first-order valence-electron chi connectivity index (χ1n) is 7.89. The van der Waals surface area contributed by atoms with Gasteiger partial charge in [-0.1, -0.05) is 48.5 Å². The van der Waals surface area contributed by atoms with Crippen LogP contribution in [0.3, 0.4) is 0 Å². The molecule has 0 amide bonds. The molecule has 3 rings (SSSR count). The molecule has 1 atom stereocenters. The summed E-state index contributed by atoms with van der Waals surface area (Å²) in [6.07, 6.45) is 0. The van der Waals surface area contributed by atoms with Crippen molar-refractivity contribution in [1.82, 2.24) is 0 Å². The largest absolute Gasteiger partial charge is 0.461 e. The average Bonchev–Trinajstić information content (AvgIpc) is 3.08. The van der Waals surface area contributed by atoms with E-state index in [1.165, 1.54) is 0 Å². The standard InChI is InChI=1S/C20H21NO2/c1-2-22-15-18-13-14-19(23-18)20(16-9-5-3-6-10-16)21-17-11-7-4-8-12-17/h3-14,20-21H,2,15H2,1H3. The Labute approximate surface area is 136 Å². The van der Waals surface area contributed by atoms with Crippen LogP contribution in [0.2, 0.25) is 0 Å². The van der Waals surface area contributed by atoms with Crippen LogP contribution in [-0.2, 0) is 11.3 Å². The van der Waals surface area contributed by atoms with Crippen molar-refractivity contribution in [3.63, 3.8) is 0 Å². The van der Waals surface area contributed by atoms with Gasteiger partial charge in [-0.2, -0.15) is 0 Å². The second-order valence-corrected chi connectivity index (χ2v) is 5.30. The van der Waals surface area contributed by atoms with Crippen LogP contribution in [-0.4, -0.2) is 6.61 Å². The summed E-state index contributed by atoms with van der Waals surface area (Å²) in [7, 11) is 0. The Balaban J connectivity index is 1.87. The first-order valence-corrected chi connectivity index (χ1v) is 7.89. The van der Waals surface area contributed by atoms with Gasteiger partial charge in [-0.25, -0.2) is 0 Å². The zero-order chi connectivity index (χ0) is 15.9. The molecule has 3 nitrogen and oxygen atoms in total. The van der Waals surface area contributed by atoms with Gasteiger partial charge in [0.1, 0.15) is 24.2 Å². The van der Waals surface area contributed by atoms with Crippen molar-refractivity contribution in [3.8, 4) is 0 Å². The van der Waals surface area contributed by atoms with Gasteiger partial charge in [0, 0.05) is 12.3 Å². The van der Waals surface area contributed by atoms with Gasteiger partial charge in [0.2, 0.25) is 0 Å². The van der Waals surface area contributed by atoms with E-state index in [-0.39, 0.29) is 6.04 Å². The first-order chi connectivity index (χ1) is 11.4. The Kier molecular flexibility index (Phi) is 5.12. The lowest BCUT2D eigenvalue weighted by atomic mass is 10.0. The van der Waals surface area contributed by atoms with Crippen LogP contribution in [0.15, 0.2) is 77.2 Å². The van der Waals surface area contributed by atoms with Gasteiger partial charge in [0.05, 0.1) is 0 Å². The molecule has 1 unspecified atom stereocenters. The van der Waals surface area contributed by atoms with Crippen molar-refractivity contribution in [2.45, 2.75) is 19.6 Å². The Hall–Kier alpha value is -2.52. The molecular formula is C20H21NO2. The maximum Gasteiger partial charge on any atom is 0.131 e. The van der Waals surface area contributed by atoms with Crippen molar-refractivity contribution in [2.24, 2.45) is 0 Å². The maximum absolute atomic E-state index is 5.99. The van der Waals surface area contributed by atoms with Gasteiger partial charge in [-0.3, -0.25) is 0 Å². The highest BCUT2D eigenvalue weighted by atomic mass is 16.5. The number of hydrogen-bond donors (Lipinski definition) is 1. The summed E-state index contributed by atoms with van der Waals surface area (Å²) in [5.41, 5.74) is 2.22. The van der Waals surface area contributed by atoms with E-state index in [1.807, 2.05) is 55.5 Å². The number of hydrogen-bond acceptors (Lipinski definition) is 3. The molecule has 23 heavy (non-hydrogen) atoms. The molecule has 3 aromatic rings. The molecule has 0 aliphatic rings. The summed E-state index contributed by atoms with van der Waals surface area (Å²) in [5, 5.41) is 3.55. The summed E-state index contributed by atoms with van der Waals surface area (Å²) in [6, 6.07) is 24.4. The average molecular weight is 307 g/mol. The molecule has 0 aliphatic heterocycles. The fourth-order valence-corrected chi connectivity index (χ4v) is 2.50. The summed E-state index contributed by atoms with van der Waals surface area (Å²) >= 11 is 0. The van der Waals surface area contributed by atoms with E-state index in [1.54, 1.807) is 0 Å². The minimum absolute atomic E-state index is 0.0334. The normalized spacial score (nSPS) is 12.0. The predicted octanol–water partition coefficient (Wildman–Crippen LogP) is 5.02. The highest BCUT2D eigenvalue weighted by molar-refractivity contribution is 5.47. The highest BCUT2D eigenvalue weighted by Crippen LogP contribution is 2.28. The van der Waals surface area contributed by atoms with E-state index in [4.69, 9.17) is 9.15 Å². The lowest BCUT2D eigenvalue weighted by Gasteiger charge is -2.18. The van der Waals surface area contributed by atoms with Crippen molar-refractivity contribution in [2.75, 3.05) is 11.9 Å². The molecule has 0 spiro atoms. The van der Waals surface area contributed by atoms with E-state index in [0.29, 0.717) is 13.2 Å². The molecule has 0 radical (unpaired) electrons. The second-order valence-electron chi connectivity index (χ2n) is 5.30. The fourth-order valence-electron chi connectivity index (χ4n) is 2.50. The summed E-state index contributed by atoms with van der Waals surface area (Å²) in [6.45, 7) is 3.16. The van der Waals surface area contributed by atoms with Crippen molar-refractivity contribution in [1.29, 1.82) is 0 Å². The molecule has 0 saturated heterocycles. The third-order valence-electron chi connectivity index (χ3n) is 3.63. The molecule has 0 fully saturated rings. The number of benzene rings is 2. The Morgan fingerprint density at radius 3 is 2.30 bits per heavy atom. The first kappa shape index (κ1) is 15.4. The second kappa shape index (κ2) is 7.65. The zero-order valence-electron chi connectivity index (χ0n) is 13.2. The molecule has 1 heterocycles. The third kappa shape index (κ3) is 4.02. The lowest BCUT2D eigenvalue weighted by molar-refractivity contribution is 0.117. The van der Waals surface area contributed by atoms with Gasteiger partial charge in [0.25, 0.3) is 0 Å². The topological polar surface area (TPSA) is 34.4 Å². The quantitative estimate of drug-likeness (QED) is 0.665. The molecule has 2 aromatic carbocycles. The number of para-hydroxylation sites is 1. The Morgan fingerprint density at radius 1 is 0.913 bits per heavy atom. The smallest absolute Gasteiger partial charge is 0.131 e. The molecule has 0 aliphatic carbocycles. The van der Waals surface area contributed by atoms with Gasteiger partial charge in [-0.15, -0.1) is 0 Å². The Morgan fingerprint density at radius 2 is 1.61 bits per heavy atom.